The van der Waals surface area contributed by atoms with Crippen molar-refractivity contribution in [3.8, 4) is 0 Å². The molecular formula is C21H25FN2O3. The molecule has 0 unspecified atom stereocenters. The molecule has 1 aliphatic rings. The summed E-state index contributed by atoms with van der Waals surface area (Å²) >= 11 is 0. The molecule has 1 aromatic heterocycles. The highest BCUT2D eigenvalue weighted by atomic mass is 19.1. The van der Waals surface area contributed by atoms with Gasteiger partial charge in [0.05, 0.1) is 12.3 Å². The van der Waals surface area contributed by atoms with Gasteiger partial charge in [-0.2, -0.15) is 0 Å². The number of amides is 2. The SMILES string of the molecule is Cc1ccoc1C(=O)N1CCC(=O)N(Cc2ccc(F)cc2)[C@@H](C(C)C)C1. The minimum absolute atomic E-state index is 0.00416. The highest BCUT2D eigenvalue weighted by molar-refractivity contribution is 5.93. The van der Waals surface area contributed by atoms with Crippen molar-refractivity contribution in [1.29, 1.82) is 0 Å². The van der Waals surface area contributed by atoms with Gasteiger partial charge in [0.15, 0.2) is 5.76 Å². The van der Waals surface area contributed by atoms with Gasteiger partial charge < -0.3 is 14.2 Å². The van der Waals surface area contributed by atoms with Crippen molar-refractivity contribution in [3.05, 3.63) is 59.3 Å². The molecule has 0 bridgehead atoms. The molecule has 1 fully saturated rings. The zero-order chi connectivity index (χ0) is 19.6. The van der Waals surface area contributed by atoms with Crippen molar-refractivity contribution < 1.29 is 18.4 Å². The van der Waals surface area contributed by atoms with E-state index in [1.165, 1.54) is 18.4 Å². The Labute approximate surface area is 158 Å². The lowest BCUT2D eigenvalue weighted by Gasteiger charge is -2.34. The van der Waals surface area contributed by atoms with E-state index < -0.39 is 0 Å². The summed E-state index contributed by atoms with van der Waals surface area (Å²) in [6, 6.07) is 7.83. The largest absolute Gasteiger partial charge is 0.459 e. The van der Waals surface area contributed by atoms with E-state index in [4.69, 9.17) is 4.42 Å². The van der Waals surface area contributed by atoms with E-state index >= 15 is 0 Å². The molecule has 2 amide bonds. The molecule has 1 aromatic carbocycles. The van der Waals surface area contributed by atoms with Gasteiger partial charge in [0, 0.05) is 31.6 Å². The van der Waals surface area contributed by atoms with E-state index in [9.17, 15) is 14.0 Å². The average Bonchev–Trinajstić information content (AvgIpc) is 2.99. The van der Waals surface area contributed by atoms with Gasteiger partial charge in [0.25, 0.3) is 5.91 Å². The molecular weight excluding hydrogens is 347 g/mol. The van der Waals surface area contributed by atoms with Crippen LogP contribution >= 0.6 is 0 Å². The third kappa shape index (κ3) is 4.21. The summed E-state index contributed by atoms with van der Waals surface area (Å²) in [5.74, 6) is 0.0217. The molecule has 1 atom stereocenters. The monoisotopic (exact) mass is 372 g/mol. The lowest BCUT2D eigenvalue weighted by Crippen LogP contribution is -2.47. The number of hydrogen-bond donors (Lipinski definition) is 0. The first-order valence-electron chi connectivity index (χ1n) is 9.24. The Balaban J connectivity index is 1.83. The predicted molar refractivity (Wildman–Crippen MR) is 99.5 cm³/mol. The van der Waals surface area contributed by atoms with E-state index in [0.717, 1.165) is 11.1 Å². The van der Waals surface area contributed by atoms with Crippen LogP contribution in [0.3, 0.4) is 0 Å². The van der Waals surface area contributed by atoms with Crippen molar-refractivity contribution in [3.63, 3.8) is 0 Å². The average molecular weight is 372 g/mol. The molecule has 3 rings (SSSR count). The van der Waals surface area contributed by atoms with Crippen LogP contribution in [0, 0.1) is 18.7 Å². The van der Waals surface area contributed by atoms with Crippen LogP contribution in [0.5, 0.6) is 0 Å². The lowest BCUT2D eigenvalue weighted by molar-refractivity contribution is -0.134. The highest BCUT2D eigenvalue weighted by Crippen LogP contribution is 2.23. The Hall–Kier alpha value is -2.63. The standard InChI is InChI=1S/C21H25FN2O3/c1-14(2)18-13-23(21(26)20-15(3)9-11-27-20)10-8-19(25)24(18)12-16-4-6-17(22)7-5-16/h4-7,9,11,14,18H,8,10,12-13H2,1-3H3/t18-/m1/s1. The number of nitrogens with zero attached hydrogens (tertiary/aromatic N) is 2. The first-order chi connectivity index (χ1) is 12.9. The summed E-state index contributed by atoms with van der Waals surface area (Å²) < 4.78 is 18.5. The van der Waals surface area contributed by atoms with Crippen molar-refractivity contribution in [1.82, 2.24) is 9.80 Å². The summed E-state index contributed by atoms with van der Waals surface area (Å²) in [6.45, 7) is 7.14. The first kappa shape index (κ1) is 19.1. The molecule has 1 saturated heterocycles. The van der Waals surface area contributed by atoms with E-state index in [0.29, 0.717) is 25.4 Å². The van der Waals surface area contributed by atoms with Crippen LogP contribution in [0.1, 0.15) is 41.9 Å². The maximum atomic E-state index is 13.2. The maximum absolute atomic E-state index is 13.2. The predicted octanol–water partition coefficient (Wildman–Crippen LogP) is 3.63. The summed E-state index contributed by atoms with van der Waals surface area (Å²) in [7, 11) is 0. The molecule has 5 nitrogen and oxygen atoms in total. The number of halogens is 1. The van der Waals surface area contributed by atoms with Gasteiger partial charge in [0.1, 0.15) is 5.82 Å². The summed E-state index contributed by atoms with van der Waals surface area (Å²) in [5.41, 5.74) is 1.66. The van der Waals surface area contributed by atoms with Crippen molar-refractivity contribution in [2.24, 2.45) is 5.92 Å². The molecule has 2 aromatic rings. The van der Waals surface area contributed by atoms with Crippen LogP contribution in [-0.2, 0) is 11.3 Å². The van der Waals surface area contributed by atoms with E-state index in [1.807, 2.05) is 25.7 Å². The van der Waals surface area contributed by atoms with Crippen molar-refractivity contribution >= 4 is 11.8 Å². The fourth-order valence-electron chi connectivity index (χ4n) is 3.46. The van der Waals surface area contributed by atoms with Gasteiger partial charge in [-0.3, -0.25) is 9.59 Å². The third-order valence-electron chi connectivity index (χ3n) is 5.10. The van der Waals surface area contributed by atoms with Crippen LogP contribution in [-0.4, -0.2) is 40.7 Å². The number of aryl methyl sites for hydroxylation is 1. The normalized spacial score (nSPS) is 18.1. The Morgan fingerprint density at radius 1 is 1.26 bits per heavy atom. The number of rotatable bonds is 4. The topological polar surface area (TPSA) is 53.8 Å². The number of carbonyl (C=O) groups is 2. The molecule has 144 valence electrons. The fourth-order valence-corrected chi connectivity index (χ4v) is 3.46. The Kier molecular flexibility index (Phi) is 5.63. The lowest BCUT2D eigenvalue weighted by atomic mass is 10.0. The molecule has 0 radical (unpaired) electrons. The fraction of sp³-hybridized carbons (Fsp3) is 0.429. The molecule has 0 saturated carbocycles. The quantitative estimate of drug-likeness (QED) is 0.824. The van der Waals surface area contributed by atoms with E-state index in [2.05, 4.69) is 0 Å². The van der Waals surface area contributed by atoms with Crippen molar-refractivity contribution in [2.75, 3.05) is 13.1 Å². The Bertz CT molecular complexity index is 813. The van der Waals surface area contributed by atoms with Gasteiger partial charge in [-0.15, -0.1) is 0 Å². The van der Waals surface area contributed by atoms with Crippen LogP contribution in [0.2, 0.25) is 0 Å². The van der Waals surface area contributed by atoms with Crippen LogP contribution < -0.4 is 0 Å². The number of furan rings is 1. The van der Waals surface area contributed by atoms with Crippen LogP contribution in [0.25, 0.3) is 0 Å². The summed E-state index contributed by atoms with van der Waals surface area (Å²) in [4.78, 5) is 29.2. The van der Waals surface area contributed by atoms with Crippen molar-refractivity contribution in [2.45, 2.75) is 39.8 Å². The van der Waals surface area contributed by atoms with Gasteiger partial charge in [-0.1, -0.05) is 26.0 Å². The van der Waals surface area contributed by atoms with Gasteiger partial charge in [-0.05, 0) is 36.6 Å². The zero-order valence-corrected chi connectivity index (χ0v) is 15.9. The second kappa shape index (κ2) is 7.94. The Morgan fingerprint density at radius 3 is 2.56 bits per heavy atom. The van der Waals surface area contributed by atoms with E-state index in [1.54, 1.807) is 23.1 Å². The molecule has 0 aliphatic carbocycles. The second-order valence-corrected chi connectivity index (χ2v) is 7.39. The third-order valence-corrected chi connectivity index (χ3v) is 5.10. The van der Waals surface area contributed by atoms with Gasteiger partial charge >= 0.3 is 0 Å². The van der Waals surface area contributed by atoms with Gasteiger partial charge in [-0.25, -0.2) is 4.39 Å². The van der Waals surface area contributed by atoms with E-state index in [-0.39, 0.29) is 36.0 Å². The first-order valence-corrected chi connectivity index (χ1v) is 9.24. The Morgan fingerprint density at radius 2 is 1.96 bits per heavy atom. The van der Waals surface area contributed by atoms with Crippen LogP contribution in [0.4, 0.5) is 4.39 Å². The molecule has 2 heterocycles. The summed E-state index contributed by atoms with van der Waals surface area (Å²) in [5, 5.41) is 0. The maximum Gasteiger partial charge on any atom is 0.289 e. The molecule has 0 spiro atoms. The highest BCUT2D eigenvalue weighted by Gasteiger charge is 2.34. The summed E-state index contributed by atoms with van der Waals surface area (Å²) in [6.07, 6.45) is 1.77. The second-order valence-electron chi connectivity index (χ2n) is 7.39. The zero-order valence-electron chi connectivity index (χ0n) is 15.9. The molecule has 6 heteroatoms. The minimum atomic E-state index is -0.299. The smallest absolute Gasteiger partial charge is 0.289 e. The molecule has 27 heavy (non-hydrogen) atoms. The number of hydrogen-bond acceptors (Lipinski definition) is 3. The minimum Gasteiger partial charge on any atom is -0.459 e. The van der Waals surface area contributed by atoms with Gasteiger partial charge in [0.2, 0.25) is 5.91 Å². The molecule has 1 aliphatic heterocycles. The van der Waals surface area contributed by atoms with Crippen LogP contribution in [0.15, 0.2) is 41.0 Å². The number of carbonyl (C=O) groups excluding carboxylic acids is 2. The molecule has 0 N–H and O–H groups in total. The number of benzene rings is 1.